The second-order valence-electron chi connectivity index (χ2n) is 13.7. The average Bonchev–Trinajstić information content (AvgIpc) is 4.06. The molecule has 0 fully saturated rings. The molecule has 4 aliphatic rings. The van der Waals surface area contributed by atoms with Crippen molar-refractivity contribution >= 4 is 41.7 Å². The zero-order valence-electron chi connectivity index (χ0n) is 29.8. The molecule has 6 aromatic rings. The van der Waals surface area contributed by atoms with Crippen LogP contribution >= 0.6 is 8.02 Å². The first-order valence-electron chi connectivity index (χ1n) is 18.5. The summed E-state index contributed by atoms with van der Waals surface area (Å²) in [5.74, 6) is 0. The molecule has 10 rings (SSSR count). The number of hydrogen-bond acceptors (Lipinski definition) is 5. The van der Waals surface area contributed by atoms with Gasteiger partial charge < -0.3 is 5.11 Å². The highest BCUT2D eigenvalue weighted by atomic mass is 31.2. The van der Waals surface area contributed by atoms with E-state index in [2.05, 4.69) is 97.1 Å². The fraction of sp³-hybridized carbons (Fsp3) is 0.0638. The van der Waals surface area contributed by atoms with Crippen LogP contribution in [0.3, 0.4) is 0 Å². The van der Waals surface area contributed by atoms with Crippen LogP contribution in [0.4, 0.5) is 0 Å². The third-order valence-electron chi connectivity index (χ3n) is 10.4. The maximum Gasteiger partial charge on any atom is 0.494 e. The van der Waals surface area contributed by atoms with Crippen LogP contribution in [-0.2, 0) is 4.52 Å². The van der Waals surface area contributed by atoms with Crippen molar-refractivity contribution in [1.29, 1.82) is 0 Å². The van der Waals surface area contributed by atoms with Crippen molar-refractivity contribution < 1.29 is 14.5 Å². The molecule has 0 aliphatic carbocycles. The number of hydrogen-bond donors (Lipinski definition) is 2. The molecule has 6 bridgehead atoms. The highest BCUT2D eigenvalue weighted by molar-refractivity contribution is 7.62. The molecule has 266 valence electrons. The third-order valence-corrected chi connectivity index (χ3v) is 12.8. The normalized spacial score (nSPS) is 18.2. The Bertz CT molecular complexity index is 2630. The van der Waals surface area contributed by atoms with Crippen LogP contribution < -0.4 is 10.7 Å². The molecule has 1 unspecified atom stereocenters. The monoisotopic (exact) mass is 735 g/mol. The van der Waals surface area contributed by atoms with E-state index in [4.69, 9.17) is 14.5 Å². The van der Waals surface area contributed by atoms with Crippen LogP contribution in [0, 0.1) is 0 Å². The number of rotatable bonds is 8. The fourth-order valence-electron chi connectivity index (χ4n) is 8.04. The molecule has 2 N–H and O–H groups in total. The van der Waals surface area contributed by atoms with E-state index in [0.29, 0.717) is 6.42 Å². The molecule has 0 amide bonds. The predicted molar refractivity (Wildman–Crippen MR) is 222 cm³/mol. The summed E-state index contributed by atoms with van der Waals surface area (Å²) in [5.41, 5.74) is 11.9. The van der Waals surface area contributed by atoms with Crippen molar-refractivity contribution in [3.63, 3.8) is 0 Å². The Morgan fingerprint density at radius 3 is 1.27 bits per heavy atom. The minimum absolute atomic E-state index is 0.0837. The van der Waals surface area contributed by atoms with Crippen LogP contribution in [0.15, 0.2) is 191 Å². The molecule has 7 nitrogen and oxygen atoms in total. The van der Waals surface area contributed by atoms with Gasteiger partial charge in [-0.3, -0.25) is 0 Å². The fourth-order valence-corrected chi connectivity index (χ4v) is 10.6. The Labute approximate surface area is 319 Å². The van der Waals surface area contributed by atoms with E-state index in [1.54, 1.807) is 0 Å². The first-order valence-corrected chi connectivity index (χ1v) is 20.0. The van der Waals surface area contributed by atoms with Gasteiger partial charge in [-0.1, -0.05) is 121 Å². The number of nitrogens with zero attached hydrogens (tertiary/aromatic N) is 4. The summed E-state index contributed by atoms with van der Waals surface area (Å²) in [7, 11) is -4.02. The molecule has 0 saturated heterocycles. The second-order valence-corrected chi connectivity index (χ2v) is 15.7. The summed E-state index contributed by atoms with van der Waals surface area (Å²) in [6, 6.07) is 49.2. The Balaban J connectivity index is 1.49. The number of aliphatic hydroxyl groups excluding tert-OH is 1. The van der Waals surface area contributed by atoms with Crippen LogP contribution in [0.25, 0.3) is 22.3 Å². The van der Waals surface area contributed by atoms with Gasteiger partial charge in [0.25, 0.3) is 0 Å². The van der Waals surface area contributed by atoms with Crippen molar-refractivity contribution in [2.45, 2.75) is 6.42 Å². The Hall–Kier alpha value is -6.21. The van der Waals surface area contributed by atoms with Crippen molar-refractivity contribution in [3.8, 4) is 0 Å². The Kier molecular flexibility index (Phi) is 8.24. The molecule has 8 heteroatoms. The number of allylic oxidation sites excluding steroid dienone is 4. The molecule has 1 atom stereocenters. The van der Waals surface area contributed by atoms with Gasteiger partial charge in [0, 0.05) is 28.9 Å². The number of fused-ring (bicyclic) bond motifs is 2. The number of aliphatic hydroxyl groups is 1. The van der Waals surface area contributed by atoms with E-state index in [1.165, 1.54) is 0 Å². The standard InChI is InChI=1S/C47H36N4O3P/c52-30-13-31-54-55(53)50-40-26-27-41(50)46(34-18-9-3-10-19-34)38-24-25-39(49-38)47(35-20-11-4-12-21-35)43-29-28-42(51(43)55)45(33-16-7-2-8-17-33)37-23-22-36(48-37)44(40)32-14-5-1-6-15-32/h1-12,14-29,52-53H,13,30-31H2/q+1. The SMILES string of the molecule is OCCCO[P+]1(O)n2c3ccc2C(c2ccccc2)=C2C=CC(=N2)C(c2ccccc2)=c2ccc(n21)=C(c1ccccc1)C1=NC(=C3c2ccccc2)C=C1. The van der Waals surface area contributed by atoms with Gasteiger partial charge in [-0.05, 0) is 77.2 Å². The number of benzene rings is 4. The molecule has 6 heterocycles. The quantitative estimate of drug-likeness (QED) is 0.124. The molecule has 0 radical (unpaired) electrons. The van der Waals surface area contributed by atoms with Gasteiger partial charge in [0.2, 0.25) is 0 Å². The van der Waals surface area contributed by atoms with Gasteiger partial charge >= 0.3 is 8.02 Å². The second kappa shape index (κ2) is 13.6. The van der Waals surface area contributed by atoms with E-state index in [9.17, 15) is 10.00 Å². The molecular weight excluding hydrogens is 700 g/mol. The maximum atomic E-state index is 14.2. The predicted octanol–water partition coefficient (Wildman–Crippen LogP) is 7.72. The minimum Gasteiger partial charge on any atom is -0.396 e. The van der Waals surface area contributed by atoms with Gasteiger partial charge in [-0.25, -0.2) is 9.98 Å². The summed E-state index contributed by atoms with van der Waals surface area (Å²) in [6.45, 7) is 0.0305. The van der Waals surface area contributed by atoms with Crippen LogP contribution in [-0.4, -0.2) is 43.3 Å². The lowest BCUT2D eigenvalue weighted by Crippen LogP contribution is -2.37. The Morgan fingerprint density at radius 2 is 0.873 bits per heavy atom. The topological polar surface area (TPSA) is 84.3 Å². The summed E-state index contributed by atoms with van der Waals surface area (Å²) >= 11 is 0. The van der Waals surface area contributed by atoms with Crippen LogP contribution in [0.1, 0.15) is 40.1 Å². The van der Waals surface area contributed by atoms with E-state index < -0.39 is 8.02 Å². The van der Waals surface area contributed by atoms with Crippen molar-refractivity contribution in [3.05, 3.63) is 226 Å². The van der Waals surface area contributed by atoms with Gasteiger partial charge in [0.15, 0.2) is 0 Å². The van der Waals surface area contributed by atoms with Crippen molar-refractivity contribution in [2.24, 2.45) is 9.98 Å². The number of aromatic nitrogens is 2. The van der Waals surface area contributed by atoms with Gasteiger partial charge in [0.1, 0.15) is 6.61 Å². The van der Waals surface area contributed by atoms with E-state index in [-0.39, 0.29) is 13.2 Å². The smallest absolute Gasteiger partial charge is 0.396 e. The van der Waals surface area contributed by atoms with Crippen LogP contribution in [0.2, 0.25) is 0 Å². The molecule has 55 heavy (non-hydrogen) atoms. The molecule has 4 aliphatic heterocycles. The van der Waals surface area contributed by atoms with Crippen LogP contribution in [0.5, 0.6) is 0 Å². The van der Waals surface area contributed by atoms with E-state index >= 15 is 0 Å². The largest absolute Gasteiger partial charge is 0.494 e. The first-order chi connectivity index (χ1) is 27.1. The third kappa shape index (κ3) is 5.43. The molecule has 0 saturated carbocycles. The molecule has 0 spiro atoms. The Morgan fingerprint density at radius 1 is 0.473 bits per heavy atom. The van der Waals surface area contributed by atoms with E-state index in [1.807, 2.05) is 81.5 Å². The lowest BCUT2D eigenvalue weighted by atomic mass is 10.0. The first kappa shape index (κ1) is 33.4. The lowest BCUT2D eigenvalue weighted by molar-refractivity contribution is 0.219. The molecular formula is C47H36N4O3P+. The minimum atomic E-state index is -4.02. The van der Waals surface area contributed by atoms with Gasteiger partial charge in [-0.2, -0.15) is 9.42 Å². The van der Waals surface area contributed by atoms with Gasteiger partial charge in [-0.15, -0.1) is 8.68 Å². The summed E-state index contributed by atoms with van der Waals surface area (Å²) in [6.07, 6.45) is 8.65. The van der Waals surface area contributed by atoms with Crippen molar-refractivity contribution in [1.82, 2.24) is 8.68 Å². The van der Waals surface area contributed by atoms with Crippen molar-refractivity contribution in [2.75, 3.05) is 13.2 Å². The molecule has 4 aromatic carbocycles. The number of aliphatic imine (C=N–C) groups is 2. The zero-order valence-corrected chi connectivity index (χ0v) is 30.7. The maximum absolute atomic E-state index is 14.2. The highest BCUT2D eigenvalue weighted by Crippen LogP contribution is 2.61. The molecule has 2 aromatic heterocycles. The summed E-state index contributed by atoms with van der Waals surface area (Å²) < 4.78 is 11.1. The summed E-state index contributed by atoms with van der Waals surface area (Å²) in [4.78, 5) is 25.1. The lowest BCUT2D eigenvalue weighted by Gasteiger charge is -2.27. The highest BCUT2D eigenvalue weighted by Gasteiger charge is 2.51. The summed E-state index contributed by atoms with van der Waals surface area (Å²) in [5, 5.41) is 11.6. The van der Waals surface area contributed by atoms with E-state index in [0.717, 1.165) is 89.4 Å². The average molecular weight is 736 g/mol. The zero-order chi connectivity index (χ0) is 36.9. The van der Waals surface area contributed by atoms with Gasteiger partial charge in [0.05, 0.1) is 44.9 Å².